The number of carbonyl (C=O) groups excluding carboxylic acids is 3. The Morgan fingerprint density at radius 2 is 0.816 bits per heavy atom. The first-order valence-electron chi connectivity index (χ1n) is 11.5. The van der Waals surface area contributed by atoms with E-state index in [9.17, 15) is 60.1 Å². The first-order valence-corrected chi connectivity index (χ1v) is 16.9. The molecule has 3 aliphatic heterocycles. The van der Waals surface area contributed by atoms with Gasteiger partial charge in [0.15, 0.2) is 29.5 Å². The molecule has 3 fully saturated rings. The van der Waals surface area contributed by atoms with E-state index in [1.165, 1.54) is 0 Å². The maximum atomic E-state index is 10.6. The summed E-state index contributed by atoms with van der Waals surface area (Å²) >= 11 is 0. The molecule has 3 atom stereocenters. The second-order valence-corrected chi connectivity index (χ2v) is 16.4. The van der Waals surface area contributed by atoms with Crippen LogP contribution in [0.5, 0.6) is 0 Å². The Morgan fingerprint density at radius 3 is 0.895 bits per heavy atom. The molecule has 0 amide bonds. The van der Waals surface area contributed by atoms with Crippen LogP contribution in [0.1, 0.15) is 38.5 Å². The molecule has 0 bridgehead atoms. The highest BCUT2D eigenvalue weighted by molar-refractivity contribution is 7.92. The quantitative estimate of drug-likeness (QED) is 0.217. The van der Waals surface area contributed by atoms with Crippen LogP contribution in [0.2, 0.25) is 0 Å². The first kappa shape index (κ1) is 36.1. The summed E-state index contributed by atoms with van der Waals surface area (Å²) in [5, 5.41) is 39.5. The van der Waals surface area contributed by atoms with Crippen LogP contribution in [0.4, 0.5) is 0 Å². The minimum absolute atomic E-state index is 0.153. The molecule has 16 nitrogen and oxygen atoms in total. The fraction of sp³-hybridized carbons (Fsp3) is 0.842. The van der Waals surface area contributed by atoms with E-state index in [-0.39, 0.29) is 18.1 Å². The van der Waals surface area contributed by atoms with Gasteiger partial charge in [-0.15, -0.1) is 0 Å². The van der Waals surface area contributed by atoms with Gasteiger partial charge >= 0.3 is 0 Å². The van der Waals surface area contributed by atoms with E-state index < -0.39 is 72.3 Å². The van der Waals surface area contributed by atoms with E-state index in [4.69, 9.17) is 0 Å². The number of sulfone groups is 3. The van der Waals surface area contributed by atoms with Gasteiger partial charge in [0.2, 0.25) is 0 Å². The zero-order valence-electron chi connectivity index (χ0n) is 20.9. The van der Waals surface area contributed by atoms with Crippen molar-refractivity contribution in [2.24, 2.45) is 0 Å². The SMILES string of the molecule is O=C([O-])CC(O)(CC(=O)[O-])CC(=O)[O-].[NH3+]C1CCS(=O)(=O)C1.[NH3+]C1CCS(=O)(=O)C1.[NH3+]C1CCS(=O)(=O)C1. The van der Waals surface area contributed by atoms with Crippen LogP contribution in [-0.2, 0) is 43.9 Å². The number of rotatable bonds is 6. The fourth-order valence-corrected chi connectivity index (χ4v) is 8.84. The fourth-order valence-electron chi connectivity index (χ4n) is 3.61. The largest absolute Gasteiger partial charge is 0.550 e. The van der Waals surface area contributed by atoms with Gasteiger partial charge in [0.25, 0.3) is 0 Å². The molecule has 0 aromatic rings. The van der Waals surface area contributed by atoms with Gasteiger partial charge in [-0.2, -0.15) is 0 Å². The highest BCUT2D eigenvalue weighted by atomic mass is 32.2. The van der Waals surface area contributed by atoms with Crippen LogP contribution < -0.4 is 32.5 Å². The maximum absolute atomic E-state index is 10.6. The maximum Gasteiger partial charge on any atom is 0.156 e. The number of aliphatic carboxylic acids is 3. The van der Waals surface area contributed by atoms with Crippen molar-refractivity contribution in [2.75, 3.05) is 34.5 Å². The monoisotopic (exact) mass is 611 g/mol. The predicted octanol–water partition coefficient (Wildman–Crippen LogP) is -9.62. The summed E-state index contributed by atoms with van der Waals surface area (Å²) in [6.45, 7) is 0. The molecular formula is C19H37N3O13S3. The molecule has 0 saturated carbocycles. The normalized spacial score (nSPS) is 26.4. The molecular weight excluding hydrogens is 574 g/mol. The third-order valence-corrected chi connectivity index (χ3v) is 10.9. The van der Waals surface area contributed by atoms with Crippen LogP contribution >= 0.6 is 0 Å². The molecule has 0 aromatic heterocycles. The molecule has 3 unspecified atom stereocenters. The Balaban J connectivity index is 0.000000496. The molecule has 19 heteroatoms. The number of carboxylic acid groups (broad SMARTS) is 3. The number of aliphatic hydroxyl groups is 1. The summed E-state index contributed by atoms with van der Waals surface area (Å²) in [4.78, 5) is 30.2. The average molecular weight is 612 g/mol. The van der Waals surface area contributed by atoms with Gasteiger partial charge in [-0.1, -0.05) is 0 Å². The van der Waals surface area contributed by atoms with Crippen LogP contribution in [0.25, 0.3) is 0 Å². The Hall–Kier alpha value is -1.90. The number of hydrogen-bond donors (Lipinski definition) is 4. The molecule has 3 saturated heterocycles. The lowest BCUT2D eigenvalue weighted by Crippen LogP contribution is -2.61. The number of quaternary nitrogens is 3. The summed E-state index contributed by atoms with van der Waals surface area (Å²) in [6.07, 6.45) is -1.05. The van der Waals surface area contributed by atoms with Gasteiger partial charge in [-0.3, -0.25) is 0 Å². The first-order chi connectivity index (χ1) is 17.1. The Morgan fingerprint density at radius 1 is 0.605 bits per heavy atom. The zero-order valence-corrected chi connectivity index (χ0v) is 23.4. The topological polar surface area (TPSA) is 326 Å². The lowest BCUT2D eigenvalue weighted by atomic mass is 9.92. The van der Waals surface area contributed by atoms with Crippen molar-refractivity contribution in [3.63, 3.8) is 0 Å². The van der Waals surface area contributed by atoms with E-state index in [0.29, 0.717) is 34.5 Å². The highest BCUT2D eigenvalue weighted by Crippen LogP contribution is 2.18. The van der Waals surface area contributed by atoms with Crippen molar-refractivity contribution >= 4 is 47.4 Å². The lowest BCUT2D eigenvalue weighted by molar-refractivity contribution is -0.411. The average Bonchev–Trinajstić information content (AvgIpc) is 3.28. The molecule has 3 rings (SSSR count). The number of carboxylic acids is 3. The molecule has 10 N–H and O–H groups in total. The Labute approximate surface area is 221 Å². The Bertz CT molecular complexity index is 997. The third kappa shape index (κ3) is 17.6. The second-order valence-electron chi connectivity index (χ2n) is 9.68. The molecule has 0 spiro atoms. The van der Waals surface area contributed by atoms with Gasteiger partial charge in [0, 0.05) is 56.4 Å². The van der Waals surface area contributed by atoms with Crippen molar-refractivity contribution in [3.8, 4) is 0 Å². The second kappa shape index (κ2) is 15.0. The third-order valence-electron chi connectivity index (χ3n) is 5.40. The van der Waals surface area contributed by atoms with Crippen LogP contribution in [0.3, 0.4) is 0 Å². The standard InChI is InChI=1S/C7H10O7.3C4H9NO2S/c8-4(9)1-7(14,2-5(10)11)3-6(12)13;3*5-4-1-2-8(6,7)3-4/h14H,1-3H2,(H,8,9)(H,10,11)(H,12,13);3*4H,1-3,5H2. The lowest BCUT2D eigenvalue weighted by Gasteiger charge is -2.29. The molecule has 0 radical (unpaired) electrons. The summed E-state index contributed by atoms with van der Waals surface area (Å²) in [7, 11) is -7.97. The van der Waals surface area contributed by atoms with E-state index in [0.717, 1.165) is 19.3 Å². The van der Waals surface area contributed by atoms with Gasteiger partial charge in [0.05, 0.1) is 41.0 Å². The molecule has 224 valence electrons. The van der Waals surface area contributed by atoms with Crippen molar-refractivity contribution < 1.29 is 77.3 Å². The minimum Gasteiger partial charge on any atom is -0.550 e. The van der Waals surface area contributed by atoms with Crippen LogP contribution in [0.15, 0.2) is 0 Å². The highest BCUT2D eigenvalue weighted by Gasteiger charge is 2.29. The van der Waals surface area contributed by atoms with E-state index in [1.54, 1.807) is 0 Å². The number of hydrogen-bond acceptors (Lipinski definition) is 13. The summed E-state index contributed by atoms with van der Waals surface area (Å²) in [6, 6.07) is 0.458. The van der Waals surface area contributed by atoms with E-state index >= 15 is 0 Å². The van der Waals surface area contributed by atoms with Gasteiger partial charge < -0.3 is 52.0 Å². The molecule has 3 heterocycles. The Kier molecular flexibility index (Phi) is 14.3. The summed E-state index contributed by atoms with van der Waals surface area (Å²) in [5.74, 6) is -3.32. The predicted molar refractivity (Wildman–Crippen MR) is 124 cm³/mol. The van der Waals surface area contributed by atoms with Gasteiger partial charge in [0.1, 0.15) is 17.3 Å². The minimum atomic E-state index is -2.66. The van der Waals surface area contributed by atoms with E-state index in [1.807, 2.05) is 0 Å². The molecule has 0 aromatic carbocycles. The summed E-state index contributed by atoms with van der Waals surface area (Å²) < 4.78 is 63.6. The number of carbonyl (C=O) groups is 3. The van der Waals surface area contributed by atoms with Crippen molar-refractivity contribution in [1.82, 2.24) is 0 Å². The smallest absolute Gasteiger partial charge is 0.156 e. The van der Waals surface area contributed by atoms with Crippen molar-refractivity contribution in [3.05, 3.63) is 0 Å². The molecule has 0 aliphatic carbocycles. The summed E-state index contributed by atoms with van der Waals surface area (Å²) in [5.41, 5.74) is 8.54. The zero-order chi connectivity index (χ0) is 29.9. The van der Waals surface area contributed by atoms with Crippen LogP contribution in [-0.4, -0.2) is 107 Å². The van der Waals surface area contributed by atoms with Gasteiger partial charge in [-0.25, -0.2) is 25.3 Å². The van der Waals surface area contributed by atoms with Crippen molar-refractivity contribution in [1.29, 1.82) is 0 Å². The van der Waals surface area contributed by atoms with Crippen molar-refractivity contribution in [2.45, 2.75) is 62.3 Å². The molecule has 38 heavy (non-hydrogen) atoms. The van der Waals surface area contributed by atoms with Crippen LogP contribution in [0, 0.1) is 0 Å². The van der Waals surface area contributed by atoms with E-state index in [2.05, 4.69) is 17.2 Å². The van der Waals surface area contributed by atoms with Gasteiger partial charge in [-0.05, 0) is 0 Å². The molecule has 3 aliphatic rings.